The lowest BCUT2D eigenvalue weighted by Gasteiger charge is -2.24. The number of carboxylic acid groups (broad SMARTS) is 1. The number of hydrogen-bond acceptors (Lipinski definition) is 3. The smallest absolute Gasteiger partial charge is 0.308 e. The van der Waals surface area contributed by atoms with Crippen molar-refractivity contribution in [2.24, 2.45) is 5.92 Å². The zero-order valence-corrected chi connectivity index (χ0v) is 12.4. The van der Waals surface area contributed by atoms with E-state index in [9.17, 15) is 9.59 Å². The number of amides is 1. The normalized spacial score (nSPS) is 12.2. The van der Waals surface area contributed by atoms with Crippen LogP contribution in [0.5, 0.6) is 0 Å². The molecule has 19 heavy (non-hydrogen) atoms. The van der Waals surface area contributed by atoms with Crippen molar-refractivity contribution in [2.75, 3.05) is 26.3 Å². The minimum absolute atomic E-state index is 0.0476. The second-order valence-corrected chi connectivity index (χ2v) is 4.73. The molecule has 0 fully saturated rings. The number of unbranched alkanes of at least 4 members (excludes halogenated alkanes) is 1. The molecule has 0 aromatic heterocycles. The highest BCUT2D eigenvalue weighted by atomic mass is 16.5. The van der Waals surface area contributed by atoms with Crippen LogP contribution in [0.3, 0.4) is 0 Å². The van der Waals surface area contributed by atoms with Gasteiger partial charge >= 0.3 is 5.97 Å². The first-order valence-electron chi connectivity index (χ1n) is 7.11. The number of rotatable bonds is 11. The zero-order chi connectivity index (χ0) is 14.7. The number of carbonyl (C=O) groups is 2. The Hall–Kier alpha value is -1.10. The van der Waals surface area contributed by atoms with Gasteiger partial charge < -0.3 is 14.7 Å². The topological polar surface area (TPSA) is 66.8 Å². The lowest BCUT2D eigenvalue weighted by atomic mass is 10.1. The molecule has 0 aliphatic heterocycles. The fourth-order valence-electron chi connectivity index (χ4n) is 1.71. The van der Waals surface area contributed by atoms with Crippen molar-refractivity contribution in [3.05, 3.63) is 0 Å². The number of ether oxygens (including phenoxy) is 1. The van der Waals surface area contributed by atoms with Crippen LogP contribution in [0.1, 0.15) is 46.5 Å². The molecule has 5 heteroatoms. The molecule has 0 aliphatic carbocycles. The third kappa shape index (κ3) is 8.59. The molecule has 0 aliphatic rings. The molecule has 1 unspecified atom stereocenters. The second kappa shape index (κ2) is 10.8. The number of carbonyl (C=O) groups excluding carboxylic acids is 1. The molecule has 0 radical (unpaired) electrons. The van der Waals surface area contributed by atoms with E-state index in [4.69, 9.17) is 9.84 Å². The lowest BCUT2D eigenvalue weighted by Crippen LogP contribution is -2.37. The van der Waals surface area contributed by atoms with E-state index in [0.29, 0.717) is 26.2 Å². The van der Waals surface area contributed by atoms with Gasteiger partial charge in [-0.25, -0.2) is 0 Å². The second-order valence-electron chi connectivity index (χ2n) is 4.73. The summed E-state index contributed by atoms with van der Waals surface area (Å²) in [6.45, 7) is 7.71. The van der Waals surface area contributed by atoms with E-state index in [-0.39, 0.29) is 12.5 Å². The summed E-state index contributed by atoms with van der Waals surface area (Å²) in [6.07, 6.45) is 3.06. The van der Waals surface area contributed by atoms with Crippen LogP contribution in [0.15, 0.2) is 0 Å². The van der Waals surface area contributed by atoms with Crippen molar-refractivity contribution in [1.29, 1.82) is 0 Å². The van der Waals surface area contributed by atoms with Gasteiger partial charge in [-0.1, -0.05) is 20.3 Å². The monoisotopic (exact) mass is 273 g/mol. The van der Waals surface area contributed by atoms with E-state index >= 15 is 0 Å². The Balaban J connectivity index is 4.28. The van der Waals surface area contributed by atoms with Gasteiger partial charge in [-0.05, 0) is 19.8 Å². The van der Waals surface area contributed by atoms with Crippen molar-refractivity contribution in [3.63, 3.8) is 0 Å². The number of aliphatic carboxylic acids is 1. The van der Waals surface area contributed by atoms with Crippen LogP contribution in [-0.4, -0.2) is 48.2 Å². The Bertz CT molecular complexity index is 268. The van der Waals surface area contributed by atoms with Gasteiger partial charge in [0.25, 0.3) is 0 Å². The summed E-state index contributed by atoms with van der Waals surface area (Å²) in [5.41, 5.74) is 0. The fraction of sp³-hybridized carbons (Fsp3) is 0.857. The van der Waals surface area contributed by atoms with Crippen molar-refractivity contribution < 1.29 is 19.4 Å². The first-order chi connectivity index (χ1) is 9.02. The van der Waals surface area contributed by atoms with Crippen molar-refractivity contribution in [3.8, 4) is 0 Å². The van der Waals surface area contributed by atoms with Gasteiger partial charge in [-0.15, -0.1) is 0 Å². The van der Waals surface area contributed by atoms with Crippen LogP contribution in [0.2, 0.25) is 0 Å². The largest absolute Gasteiger partial charge is 0.481 e. The molecule has 5 nitrogen and oxygen atoms in total. The van der Waals surface area contributed by atoms with E-state index in [1.807, 2.05) is 13.8 Å². The summed E-state index contributed by atoms with van der Waals surface area (Å²) in [4.78, 5) is 24.6. The van der Waals surface area contributed by atoms with Crippen LogP contribution in [0.25, 0.3) is 0 Å². The molecule has 0 saturated heterocycles. The SMILES string of the molecule is CCCCC(=O)N(CCCOCC)CC(C)C(=O)O. The predicted molar refractivity (Wildman–Crippen MR) is 74.0 cm³/mol. The number of carboxylic acids is 1. The molecule has 0 rings (SSSR count). The van der Waals surface area contributed by atoms with Crippen molar-refractivity contribution in [2.45, 2.75) is 46.5 Å². The molecule has 0 aromatic carbocycles. The van der Waals surface area contributed by atoms with Crippen molar-refractivity contribution >= 4 is 11.9 Å². The summed E-state index contributed by atoms with van der Waals surface area (Å²) in [5.74, 6) is -1.35. The molecule has 0 aromatic rings. The summed E-state index contributed by atoms with van der Waals surface area (Å²) in [6, 6.07) is 0. The van der Waals surface area contributed by atoms with E-state index in [2.05, 4.69) is 0 Å². The minimum atomic E-state index is -0.863. The van der Waals surface area contributed by atoms with Gasteiger partial charge in [0.15, 0.2) is 0 Å². The van der Waals surface area contributed by atoms with Gasteiger partial charge in [0.05, 0.1) is 5.92 Å². The Kier molecular flexibility index (Phi) is 10.2. The van der Waals surface area contributed by atoms with Gasteiger partial charge in [0.1, 0.15) is 0 Å². The van der Waals surface area contributed by atoms with Crippen LogP contribution >= 0.6 is 0 Å². The molecule has 112 valence electrons. The first kappa shape index (κ1) is 17.9. The average Bonchev–Trinajstić information content (AvgIpc) is 2.39. The molecule has 0 bridgehead atoms. The van der Waals surface area contributed by atoms with E-state index < -0.39 is 11.9 Å². The minimum Gasteiger partial charge on any atom is -0.481 e. The van der Waals surface area contributed by atoms with Crippen LogP contribution in [0.4, 0.5) is 0 Å². The van der Waals surface area contributed by atoms with Crippen LogP contribution < -0.4 is 0 Å². The average molecular weight is 273 g/mol. The number of nitrogens with zero attached hydrogens (tertiary/aromatic N) is 1. The summed E-state index contributed by atoms with van der Waals surface area (Å²) < 4.78 is 5.24. The maximum atomic E-state index is 12.0. The molecular formula is C14H27NO4. The van der Waals surface area contributed by atoms with Gasteiger partial charge in [0.2, 0.25) is 5.91 Å². The van der Waals surface area contributed by atoms with E-state index in [1.54, 1.807) is 11.8 Å². The lowest BCUT2D eigenvalue weighted by molar-refractivity contribution is -0.143. The quantitative estimate of drug-likeness (QED) is 0.586. The fourth-order valence-corrected chi connectivity index (χ4v) is 1.71. The Morgan fingerprint density at radius 3 is 2.47 bits per heavy atom. The molecular weight excluding hydrogens is 246 g/mol. The third-order valence-corrected chi connectivity index (χ3v) is 2.93. The maximum Gasteiger partial charge on any atom is 0.308 e. The van der Waals surface area contributed by atoms with Crippen LogP contribution in [-0.2, 0) is 14.3 Å². The zero-order valence-electron chi connectivity index (χ0n) is 12.4. The van der Waals surface area contributed by atoms with Gasteiger partial charge in [-0.3, -0.25) is 9.59 Å². The maximum absolute atomic E-state index is 12.0. The predicted octanol–water partition coefficient (Wildman–Crippen LogP) is 2.15. The molecule has 0 spiro atoms. The first-order valence-corrected chi connectivity index (χ1v) is 7.11. The number of hydrogen-bond donors (Lipinski definition) is 1. The summed E-state index contributed by atoms with van der Waals surface area (Å²) >= 11 is 0. The molecule has 0 heterocycles. The summed E-state index contributed by atoms with van der Waals surface area (Å²) in [5, 5.41) is 8.94. The van der Waals surface area contributed by atoms with Gasteiger partial charge in [-0.2, -0.15) is 0 Å². The highest BCUT2D eigenvalue weighted by Gasteiger charge is 2.19. The van der Waals surface area contributed by atoms with E-state index in [0.717, 1.165) is 19.3 Å². The highest BCUT2D eigenvalue weighted by molar-refractivity contribution is 5.77. The molecule has 1 atom stereocenters. The summed E-state index contributed by atoms with van der Waals surface area (Å²) in [7, 11) is 0. The van der Waals surface area contributed by atoms with Gasteiger partial charge in [0, 0.05) is 32.7 Å². The Labute approximate surface area is 115 Å². The highest BCUT2D eigenvalue weighted by Crippen LogP contribution is 2.07. The Morgan fingerprint density at radius 1 is 1.26 bits per heavy atom. The molecule has 1 N–H and O–H groups in total. The molecule has 0 saturated carbocycles. The standard InChI is InChI=1S/C14H27NO4/c1-4-6-8-13(16)15(9-7-10-19-5-2)11-12(3)14(17)18/h12H,4-11H2,1-3H3,(H,17,18). The van der Waals surface area contributed by atoms with Crippen LogP contribution in [0, 0.1) is 5.92 Å². The third-order valence-electron chi connectivity index (χ3n) is 2.93. The van der Waals surface area contributed by atoms with E-state index in [1.165, 1.54) is 0 Å². The molecule has 1 amide bonds. The van der Waals surface area contributed by atoms with Crippen molar-refractivity contribution in [1.82, 2.24) is 4.90 Å². The Morgan fingerprint density at radius 2 is 1.95 bits per heavy atom.